The summed E-state index contributed by atoms with van der Waals surface area (Å²) in [4.78, 5) is 27.1. The van der Waals surface area contributed by atoms with E-state index in [0.717, 1.165) is 38.9 Å². The van der Waals surface area contributed by atoms with Crippen molar-refractivity contribution in [3.8, 4) is 0 Å². The van der Waals surface area contributed by atoms with Gasteiger partial charge in [-0.2, -0.15) is 0 Å². The van der Waals surface area contributed by atoms with E-state index in [2.05, 4.69) is 10.2 Å². The molecule has 2 fully saturated rings. The summed E-state index contributed by atoms with van der Waals surface area (Å²) in [7, 11) is 1.86. The molecule has 0 aromatic heterocycles. The van der Waals surface area contributed by atoms with Gasteiger partial charge in [0.25, 0.3) is 0 Å². The van der Waals surface area contributed by atoms with Gasteiger partial charge in [-0.15, -0.1) is 0 Å². The maximum atomic E-state index is 11.9. The number of carbonyl (C=O) groups excluding carboxylic acids is 2. The molecule has 0 radical (unpaired) electrons. The predicted octanol–water partition coefficient (Wildman–Crippen LogP) is 0.768. The Hall–Kier alpha value is -1.30. The van der Waals surface area contributed by atoms with E-state index in [1.54, 1.807) is 4.90 Å². The van der Waals surface area contributed by atoms with Crippen LogP contribution < -0.4 is 11.1 Å². The molecule has 1 aliphatic heterocycles. The Balaban J connectivity index is 1.58. The van der Waals surface area contributed by atoms with Crippen LogP contribution in [0.2, 0.25) is 0 Å². The molecule has 1 atom stereocenters. The highest BCUT2D eigenvalue weighted by molar-refractivity contribution is 5.80. The van der Waals surface area contributed by atoms with Crippen molar-refractivity contribution in [2.45, 2.75) is 44.6 Å². The third-order valence-corrected chi connectivity index (χ3v) is 4.69. The Labute approximate surface area is 127 Å². The number of primary amides is 1. The average molecular weight is 296 g/mol. The fourth-order valence-electron chi connectivity index (χ4n) is 3.17. The lowest BCUT2D eigenvalue weighted by Gasteiger charge is -2.30. The molecular weight excluding hydrogens is 268 g/mol. The van der Waals surface area contributed by atoms with Crippen LogP contribution in [0.4, 0.5) is 4.79 Å². The largest absolute Gasteiger partial charge is 0.368 e. The SMILES string of the molecule is CN(CC1CCC1)C(=O)NCCCN1CCCC1C(N)=O. The standard InChI is InChI=1S/C15H28N4O2/c1-18(11-12-5-2-6-12)15(21)17-8-4-10-19-9-3-7-13(19)14(16)20/h12-13H,2-11H2,1H3,(H2,16,20)(H,17,21). The number of hydrogen-bond acceptors (Lipinski definition) is 3. The van der Waals surface area contributed by atoms with E-state index in [4.69, 9.17) is 5.73 Å². The number of nitrogens with one attached hydrogen (secondary N) is 1. The van der Waals surface area contributed by atoms with Crippen LogP contribution in [0.15, 0.2) is 0 Å². The zero-order valence-corrected chi connectivity index (χ0v) is 13.0. The summed E-state index contributed by atoms with van der Waals surface area (Å²) < 4.78 is 0. The fourth-order valence-corrected chi connectivity index (χ4v) is 3.17. The maximum Gasteiger partial charge on any atom is 0.317 e. The van der Waals surface area contributed by atoms with E-state index >= 15 is 0 Å². The number of nitrogens with zero attached hydrogens (tertiary/aromatic N) is 2. The smallest absolute Gasteiger partial charge is 0.317 e. The molecule has 21 heavy (non-hydrogen) atoms. The highest BCUT2D eigenvalue weighted by Gasteiger charge is 2.28. The first kappa shape index (κ1) is 16.1. The number of likely N-dealkylation sites (tertiary alicyclic amines) is 1. The van der Waals surface area contributed by atoms with Gasteiger partial charge < -0.3 is 16.0 Å². The normalized spacial score (nSPS) is 22.8. The zero-order chi connectivity index (χ0) is 15.2. The molecule has 0 aromatic rings. The lowest BCUT2D eigenvalue weighted by atomic mass is 9.85. The van der Waals surface area contributed by atoms with Gasteiger partial charge >= 0.3 is 6.03 Å². The lowest BCUT2D eigenvalue weighted by molar-refractivity contribution is -0.122. The van der Waals surface area contributed by atoms with Gasteiger partial charge in [0, 0.05) is 26.7 Å². The van der Waals surface area contributed by atoms with Gasteiger partial charge in [-0.25, -0.2) is 4.79 Å². The Morgan fingerprint density at radius 3 is 2.67 bits per heavy atom. The highest BCUT2D eigenvalue weighted by atomic mass is 16.2. The average Bonchev–Trinajstić information content (AvgIpc) is 2.87. The first-order chi connectivity index (χ1) is 10.1. The molecule has 120 valence electrons. The minimum Gasteiger partial charge on any atom is -0.368 e. The summed E-state index contributed by atoms with van der Waals surface area (Å²) in [5.41, 5.74) is 5.39. The molecule has 2 rings (SSSR count). The van der Waals surface area contributed by atoms with Gasteiger partial charge in [0.2, 0.25) is 5.91 Å². The molecular formula is C15H28N4O2. The molecule has 0 aromatic carbocycles. The van der Waals surface area contributed by atoms with Crippen molar-refractivity contribution in [3.63, 3.8) is 0 Å². The third-order valence-electron chi connectivity index (χ3n) is 4.69. The number of amides is 3. The van der Waals surface area contributed by atoms with Crippen molar-refractivity contribution in [2.75, 3.05) is 33.2 Å². The van der Waals surface area contributed by atoms with E-state index < -0.39 is 0 Å². The molecule has 3 amide bonds. The second-order valence-electron chi connectivity index (χ2n) is 6.36. The molecule has 0 spiro atoms. The van der Waals surface area contributed by atoms with Crippen molar-refractivity contribution in [3.05, 3.63) is 0 Å². The molecule has 1 saturated carbocycles. The van der Waals surface area contributed by atoms with Gasteiger partial charge in [-0.05, 0) is 44.6 Å². The van der Waals surface area contributed by atoms with Crippen molar-refractivity contribution in [2.24, 2.45) is 11.7 Å². The first-order valence-electron chi connectivity index (χ1n) is 8.10. The fraction of sp³-hybridized carbons (Fsp3) is 0.867. The van der Waals surface area contributed by atoms with E-state index in [9.17, 15) is 9.59 Å². The molecule has 1 heterocycles. The van der Waals surface area contributed by atoms with Crippen LogP contribution in [0, 0.1) is 5.92 Å². The van der Waals surface area contributed by atoms with Crippen LogP contribution in [-0.4, -0.2) is 61.0 Å². The minimum absolute atomic E-state index is 0.00905. The van der Waals surface area contributed by atoms with Gasteiger partial charge in [-0.1, -0.05) is 6.42 Å². The quantitative estimate of drug-likeness (QED) is 0.681. The summed E-state index contributed by atoms with van der Waals surface area (Å²) >= 11 is 0. The Morgan fingerprint density at radius 2 is 2.05 bits per heavy atom. The van der Waals surface area contributed by atoms with Gasteiger partial charge in [0.05, 0.1) is 6.04 Å². The molecule has 6 nitrogen and oxygen atoms in total. The molecule has 1 aliphatic carbocycles. The molecule has 2 aliphatic rings. The summed E-state index contributed by atoms with van der Waals surface area (Å²) in [5.74, 6) is 0.471. The van der Waals surface area contributed by atoms with Crippen LogP contribution in [0.1, 0.15) is 38.5 Å². The van der Waals surface area contributed by atoms with Crippen LogP contribution in [0.25, 0.3) is 0 Å². The number of urea groups is 1. The third kappa shape index (κ3) is 4.59. The number of hydrogen-bond donors (Lipinski definition) is 2. The van der Waals surface area contributed by atoms with E-state index in [1.165, 1.54) is 19.3 Å². The molecule has 1 unspecified atom stereocenters. The van der Waals surface area contributed by atoms with Crippen molar-refractivity contribution in [1.29, 1.82) is 0 Å². The van der Waals surface area contributed by atoms with E-state index in [-0.39, 0.29) is 18.0 Å². The second-order valence-corrected chi connectivity index (χ2v) is 6.36. The van der Waals surface area contributed by atoms with E-state index in [0.29, 0.717) is 12.5 Å². The molecule has 6 heteroatoms. The monoisotopic (exact) mass is 296 g/mol. The second kappa shape index (κ2) is 7.64. The lowest BCUT2D eigenvalue weighted by Crippen LogP contribution is -2.43. The van der Waals surface area contributed by atoms with Crippen LogP contribution in [-0.2, 0) is 4.79 Å². The number of nitrogens with two attached hydrogens (primary N) is 1. The first-order valence-corrected chi connectivity index (χ1v) is 8.10. The van der Waals surface area contributed by atoms with Gasteiger partial charge in [0.1, 0.15) is 0 Å². The predicted molar refractivity (Wildman–Crippen MR) is 81.8 cm³/mol. The molecule has 3 N–H and O–H groups in total. The van der Waals surface area contributed by atoms with Crippen LogP contribution >= 0.6 is 0 Å². The van der Waals surface area contributed by atoms with Crippen LogP contribution in [0.5, 0.6) is 0 Å². The molecule has 1 saturated heterocycles. The maximum absolute atomic E-state index is 11.9. The summed E-state index contributed by atoms with van der Waals surface area (Å²) in [6.07, 6.45) is 6.56. The highest BCUT2D eigenvalue weighted by Crippen LogP contribution is 2.26. The molecule has 0 bridgehead atoms. The van der Waals surface area contributed by atoms with Gasteiger partial charge in [-0.3, -0.25) is 9.69 Å². The van der Waals surface area contributed by atoms with E-state index in [1.807, 2.05) is 7.05 Å². The summed E-state index contributed by atoms with van der Waals surface area (Å²) in [5, 5.41) is 2.95. The van der Waals surface area contributed by atoms with Crippen molar-refractivity contribution in [1.82, 2.24) is 15.1 Å². The Kier molecular flexibility index (Phi) is 5.85. The van der Waals surface area contributed by atoms with Crippen molar-refractivity contribution < 1.29 is 9.59 Å². The number of rotatable bonds is 7. The van der Waals surface area contributed by atoms with Crippen molar-refractivity contribution >= 4 is 11.9 Å². The van der Waals surface area contributed by atoms with Crippen LogP contribution in [0.3, 0.4) is 0 Å². The Bertz CT molecular complexity index is 371. The summed E-state index contributed by atoms with van der Waals surface area (Å²) in [6.45, 7) is 3.26. The summed E-state index contributed by atoms with van der Waals surface area (Å²) in [6, 6.07) is -0.100. The Morgan fingerprint density at radius 1 is 1.29 bits per heavy atom. The van der Waals surface area contributed by atoms with Gasteiger partial charge in [0.15, 0.2) is 0 Å². The minimum atomic E-state index is -0.225. The topological polar surface area (TPSA) is 78.7 Å². The zero-order valence-electron chi connectivity index (χ0n) is 13.0. The number of carbonyl (C=O) groups is 2.